The highest BCUT2D eigenvalue weighted by atomic mass is 16.5. The molecule has 0 bridgehead atoms. The zero-order valence-electron chi connectivity index (χ0n) is 18.7. The Morgan fingerprint density at radius 1 is 1.03 bits per heavy atom. The zero-order valence-corrected chi connectivity index (χ0v) is 18.7. The Kier molecular flexibility index (Phi) is 10.8. The Morgan fingerprint density at radius 2 is 1.80 bits per heavy atom. The second-order valence-electron chi connectivity index (χ2n) is 7.71. The first-order chi connectivity index (χ1) is 14.6. The lowest BCUT2D eigenvalue weighted by Gasteiger charge is -2.17. The first kappa shape index (κ1) is 23.7. The van der Waals surface area contributed by atoms with E-state index < -0.39 is 0 Å². The maximum Gasteiger partial charge on any atom is 0.191 e. The largest absolute Gasteiger partial charge is 0.492 e. The standard InChI is InChI=1S/C24H36N4O2/c1-20(18-29-19-21-9-6-5-7-10-21)16-26-24(25-2)27-17-22-11-8-12-23(15-22)30-14-13-28(3)4/h5-12,15,20H,13-14,16-19H2,1-4H3,(H2,25,26,27). The van der Waals surface area contributed by atoms with Gasteiger partial charge in [0.2, 0.25) is 0 Å². The molecule has 0 saturated carbocycles. The van der Waals surface area contributed by atoms with Crippen LogP contribution in [0.4, 0.5) is 0 Å². The van der Waals surface area contributed by atoms with Crippen molar-refractivity contribution in [1.82, 2.24) is 15.5 Å². The molecule has 0 spiro atoms. The van der Waals surface area contributed by atoms with Crippen LogP contribution in [0.15, 0.2) is 59.6 Å². The van der Waals surface area contributed by atoms with Gasteiger partial charge in [0.15, 0.2) is 5.96 Å². The van der Waals surface area contributed by atoms with E-state index in [1.165, 1.54) is 5.56 Å². The van der Waals surface area contributed by atoms with Crippen LogP contribution < -0.4 is 15.4 Å². The van der Waals surface area contributed by atoms with E-state index in [0.717, 1.165) is 30.4 Å². The van der Waals surface area contributed by atoms with Crippen molar-refractivity contribution in [3.8, 4) is 5.75 Å². The number of likely N-dealkylation sites (N-methyl/N-ethyl adjacent to an activating group) is 1. The van der Waals surface area contributed by atoms with E-state index >= 15 is 0 Å². The van der Waals surface area contributed by atoms with Gasteiger partial charge in [-0.1, -0.05) is 49.4 Å². The van der Waals surface area contributed by atoms with Crippen LogP contribution in [-0.4, -0.2) is 58.3 Å². The summed E-state index contributed by atoms with van der Waals surface area (Å²) in [4.78, 5) is 6.42. The van der Waals surface area contributed by atoms with Crippen molar-refractivity contribution in [3.05, 3.63) is 65.7 Å². The number of rotatable bonds is 12. The maximum absolute atomic E-state index is 5.82. The minimum absolute atomic E-state index is 0.376. The first-order valence-corrected chi connectivity index (χ1v) is 10.5. The number of nitrogens with zero attached hydrogens (tertiary/aromatic N) is 2. The number of hydrogen-bond donors (Lipinski definition) is 2. The van der Waals surface area contributed by atoms with E-state index in [9.17, 15) is 0 Å². The van der Waals surface area contributed by atoms with Gasteiger partial charge in [-0.25, -0.2) is 0 Å². The van der Waals surface area contributed by atoms with Crippen LogP contribution in [0.2, 0.25) is 0 Å². The number of aliphatic imine (C=N–C) groups is 1. The summed E-state index contributed by atoms with van der Waals surface area (Å²) in [6.45, 7) is 6.56. The van der Waals surface area contributed by atoms with Crippen LogP contribution in [0.3, 0.4) is 0 Å². The second-order valence-corrected chi connectivity index (χ2v) is 7.71. The van der Waals surface area contributed by atoms with Gasteiger partial charge < -0.3 is 25.0 Å². The Labute approximate surface area is 181 Å². The smallest absolute Gasteiger partial charge is 0.191 e. The van der Waals surface area contributed by atoms with Crippen LogP contribution in [0.25, 0.3) is 0 Å². The maximum atomic E-state index is 5.82. The Hall–Kier alpha value is -2.57. The van der Waals surface area contributed by atoms with Gasteiger partial charge >= 0.3 is 0 Å². The quantitative estimate of drug-likeness (QED) is 0.414. The van der Waals surface area contributed by atoms with Crippen LogP contribution >= 0.6 is 0 Å². The summed E-state index contributed by atoms with van der Waals surface area (Å²) >= 11 is 0. The molecular formula is C24H36N4O2. The van der Waals surface area contributed by atoms with Crippen LogP contribution in [0.5, 0.6) is 5.75 Å². The van der Waals surface area contributed by atoms with Gasteiger partial charge in [0, 0.05) is 26.7 Å². The van der Waals surface area contributed by atoms with E-state index in [1.807, 2.05) is 44.4 Å². The lowest BCUT2D eigenvalue weighted by atomic mass is 10.2. The highest BCUT2D eigenvalue weighted by molar-refractivity contribution is 5.79. The molecule has 0 saturated heterocycles. The Morgan fingerprint density at radius 3 is 2.53 bits per heavy atom. The van der Waals surface area contributed by atoms with Gasteiger partial charge in [0.05, 0.1) is 13.2 Å². The summed E-state index contributed by atoms with van der Waals surface area (Å²) in [5.41, 5.74) is 2.35. The van der Waals surface area contributed by atoms with Crippen LogP contribution in [0, 0.1) is 5.92 Å². The monoisotopic (exact) mass is 412 g/mol. The van der Waals surface area contributed by atoms with Crippen molar-refractivity contribution in [2.75, 3.05) is 47.4 Å². The molecule has 2 aromatic rings. The summed E-state index contributed by atoms with van der Waals surface area (Å²) in [6.07, 6.45) is 0. The normalized spacial score (nSPS) is 12.6. The Bertz CT molecular complexity index is 750. The van der Waals surface area contributed by atoms with Gasteiger partial charge in [-0.15, -0.1) is 0 Å². The fraction of sp³-hybridized carbons (Fsp3) is 0.458. The highest BCUT2D eigenvalue weighted by Gasteiger charge is 2.05. The van der Waals surface area contributed by atoms with Gasteiger partial charge in [-0.2, -0.15) is 0 Å². The second kappa shape index (κ2) is 13.6. The highest BCUT2D eigenvalue weighted by Crippen LogP contribution is 2.13. The molecule has 0 fully saturated rings. The predicted octanol–water partition coefficient (Wildman–Crippen LogP) is 3.14. The molecule has 1 atom stereocenters. The molecule has 0 aromatic heterocycles. The van der Waals surface area contributed by atoms with Crippen molar-refractivity contribution in [3.63, 3.8) is 0 Å². The molecule has 2 N–H and O–H groups in total. The minimum Gasteiger partial charge on any atom is -0.492 e. The summed E-state index contributed by atoms with van der Waals surface area (Å²) in [5, 5.41) is 6.73. The molecule has 0 aliphatic heterocycles. The number of hydrogen-bond acceptors (Lipinski definition) is 4. The van der Waals surface area contributed by atoms with Crippen molar-refractivity contribution in [2.24, 2.45) is 10.9 Å². The third-order valence-corrected chi connectivity index (χ3v) is 4.52. The molecule has 2 aromatic carbocycles. The predicted molar refractivity (Wildman–Crippen MR) is 124 cm³/mol. The number of ether oxygens (including phenoxy) is 2. The molecular weight excluding hydrogens is 376 g/mol. The first-order valence-electron chi connectivity index (χ1n) is 10.5. The molecule has 1 unspecified atom stereocenters. The third kappa shape index (κ3) is 9.76. The fourth-order valence-corrected chi connectivity index (χ4v) is 2.78. The molecule has 0 amide bonds. The van der Waals surface area contributed by atoms with Gasteiger partial charge in [0.25, 0.3) is 0 Å². The van der Waals surface area contributed by atoms with E-state index in [2.05, 4.69) is 51.7 Å². The summed E-state index contributed by atoms with van der Waals surface area (Å²) in [5.74, 6) is 2.05. The van der Waals surface area contributed by atoms with Gasteiger partial charge in [-0.3, -0.25) is 4.99 Å². The number of benzene rings is 2. The Balaban J connectivity index is 1.67. The third-order valence-electron chi connectivity index (χ3n) is 4.52. The van der Waals surface area contributed by atoms with E-state index in [4.69, 9.17) is 9.47 Å². The van der Waals surface area contributed by atoms with E-state index in [-0.39, 0.29) is 0 Å². The molecule has 2 rings (SSSR count). The van der Waals surface area contributed by atoms with Crippen LogP contribution in [-0.2, 0) is 17.9 Å². The minimum atomic E-state index is 0.376. The van der Waals surface area contributed by atoms with Crippen molar-refractivity contribution in [1.29, 1.82) is 0 Å². The average Bonchev–Trinajstić information content (AvgIpc) is 2.75. The van der Waals surface area contributed by atoms with Crippen molar-refractivity contribution >= 4 is 5.96 Å². The van der Waals surface area contributed by atoms with Crippen molar-refractivity contribution in [2.45, 2.75) is 20.1 Å². The molecule has 0 aliphatic rings. The topological polar surface area (TPSA) is 58.1 Å². The molecule has 30 heavy (non-hydrogen) atoms. The number of guanidine groups is 1. The van der Waals surface area contributed by atoms with Gasteiger partial charge in [-0.05, 0) is 43.3 Å². The molecule has 6 nitrogen and oxygen atoms in total. The molecule has 0 radical (unpaired) electrons. The summed E-state index contributed by atoms with van der Waals surface area (Å²) in [7, 11) is 5.86. The summed E-state index contributed by atoms with van der Waals surface area (Å²) in [6, 6.07) is 18.4. The molecule has 164 valence electrons. The molecule has 0 heterocycles. The SMILES string of the molecule is CN=C(NCc1cccc(OCCN(C)C)c1)NCC(C)COCc1ccccc1. The van der Waals surface area contributed by atoms with Gasteiger partial charge in [0.1, 0.15) is 12.4 Å². The van der Waals surface area contributed by atoms with E-state index in [1.54, 1.807) is 7.05 Å². The average molecular weight is 413 g/mol. The summed E-state index contributed by atoms with van der Waals surface area (Å²) < 4.78 is 11.6. The zero-order chi connectivity index (χ0) is 21.6. The fourth-order valence-electron chi connectivity index (χ4n) is 2.78. The van der Waals surface area contributed by atoms with E-state index in [0.29, 0.717) is 32.3 Å². The van der Waals surface area contributed by atoms with Crippen molar-refractivity contribution < 1.29 is 9.47 Å². The molecule has 6 heteroatoms. The van der Waals surface area contributed by atoms with Crippen LogP contribution in [0.1, 0.15) is 18.1 Å². The lowest BCUT2D eigenvalue weighted by molar-refractivity contribution is 0.0931. The molecule has 0 aliphatic carbocycles. The lowest BCUT2D eigenvalue weighted by Crippen LogP contribution is -2.39. The number of nitrogens with one attached hydrogen (secondary N) is 2.